The third-order valence-corrected chi connectivity index (χ3v) is 2.62. The molecule has 0 aliphatic rings. The van der Waals surface area contributed by atoms with Gasteiger partial charge in [0.1, 0.15) is 5.75 Å². The van der Waals surface area contributed by atoms with Gasteiger partial charge >= 0.3 is 5.97 Å². The van der Waals surface area contributed by atoms with Crippen LogP contribution in [-0.2, 0) is 0 Å². The first-order chi connectivity index (χ1) is 8.18. The molecule has 2 aromatic rings. The van der Waals surface area contributed by atoms with Gasteiger partial charge in [0.25, 0.3) is 0 Å². The molecule has 0 heterocycles. The molecule has 2 rings (SSSR count). The van der Waals surface area contributed by atoms with E-state index in [9.17, 15) is 4.79 Å². The number of nitrogen functional groups attached to an aromatic ring is 1. The van der Waals surface area contributed by atoms with E-state index in [0.717, 1.165) is 0 Å². The Kier molecular flexibility index (Phi) is 3.30. The van der Waals surface area contributed by atoms with Crippen molar-refractivity contribution in [2.24, 2.45) is 0 Å². The highest BCUT2D eigenvalue weighted by Gasteiger charge is 2.14. The monoisotopic (exact) mass is 247 g/mol. The van der Waals surface area contributed by atoms with E-state index in [1.54, 1.807) is 42.5 Å². The largest absolute Gasteiger partial charge is 0.423 e. The molecule has 0 saturated carbocycles. The van der Waals surface area contributed by atoms with Crippen LogP contribution in [0.3, 0.4) is 0 Å². The van der Waals surface area contributed by atoms with Gasteiger partial charge in [-0.15, -0.1) is 0 Å². The Balaban J connectivity index is 2.24. The number of hydrogen-bond donors (Lipinski definition) is 1. The fourth-order valence-corrected chi connectivity index (χ4v) is 1.56. The predicted octanol–water partition coefficient (Wildman–Crippen LogP) is 3.14. The Hall–Kier alpha value is -2.00. The van der Waals surface area contributed by atoms with Gasteiger partial charge in [0.2, 0.25) is 0 Å². The summed E-state index contributed by atoms with van der Waals surface area (Å²) in [6.45, 7) is 0. The number of hydrogen-bond acceptors (Lipinski definition) is 3. The van der Waals surface area contributed by atoms with Gasteiger partial charge < -0.3 is 10.5 Å². The summed E-state index contributed by atoms with van der Waals surface area (Å²) in [6.07, 6.45) is 0. The lowest BCUT2D eigenvalue weighted by atomic mass is 10.2. The zero-order chi connectivity index (χ0) is 12.3. The number of rotatable bonds is 2. The standard InChI is InChI=1S/C13H10ClNO2/c14-12-10(7-4-8-11(12)15)13(16)17-9-5-2-1-3-6-9/h1-8H,15H2. The topological polar surface area (TPSA) is 52.3 Å². The molecule has 2 aromatic carbocycles. The van der Waals surface area contributed by atoms with Crippen molar-refractivity contribution in [2.75, 3.05) is 5.73 Å². The highest BCUT2D eigenvalue weighted by atomic mass is 35.5. The molecule has 0 bridgehead atoms. The van der Waals surface area contributed by atoms with E-state index in [-0.39, 0.29) is 10.6 Å². The van der Waals surface area contributed by atoms with Crippen LogP contribution >= 0.6 is 11.6 Å². The fraction of sp³-hybridized carbons (Fsp3) is 0. The number of ether oxygens (including phenoxy) is 1. The van der Waals surface area contributed by atoms with Crippen LogP contribution in [0.1, 0.15) is 10.4 Å². The normalized spacial score (nSPS) is 9.94. The van der Waals surface area contributed by atoms with Crippen LogP contribution in [0.15, 0.2) is 48.5 Å². The molecule has 0 aliphatic heterocycles. The van der Waals surface area contributed by atoms with Gasteiger partial charge in [-0.1, -0.05) is 35.9 Å². The number of carbonyl (C=O) groups excluding carboxylic acids is 1. The zero-order valence-corrected chi connectivity index (χ0v) is 9.65. The minimum atomic E-state index is -0.520. The van der Waals surface area contributed by atoms with E-state index in [4.69, 9.17) is 22.1 Å². The van der Waals surface area contributed by atoms with Crippen LogP contribution in [0.4, 0.5) is 5.69 Å². The van der Waals surface area contributed by atoms with Crippen molar-refractivity contribution in [2.45, 2.75) is 0 Å². The highest BCUT2D eigenvalue weighted by Crippen LogP contribution is 2.24. The lowest BCUT2D eigenvalue weighted by Crippen LogP contribution is -2.09. The van der Waals surface area contributed by atoms with E-state index < -0.39 is 5.97 Å². The maximum Gasteiger partial charge on any atom is 0.345 e. The maximum absolute atomic E-state index is 11.8. The van der Waals surface area contributed by atoms with Gasteiger partial charge in [0.05, 0.1) is 16.3 Å². The Bertz CT molecular complexity index is 540. The summed E-state index contributed by atoms with van der Waals surface area (Å²) < 4.78 is 5.16. The Morgan fingerprint density at radius 1 is 1.06 bits per heavy atom. The first-order valence-electron chi connectivity index (χ1n) is 4.99. The zero-order valence-electron chi connectivity index (χ0n) is 8.89. The lowest BCUT2D eigenvalue weighted by molar-refractivity contribution is 0.0735. The van der Waals surface area contributed by atoms with Crippen molar-refractivity contribution in [1.29, 1.82) is 0 Å². The van der Waals surface area contributed by atoms with Gasteiger partial charge in [0.15, 0.2) is 0 Å². The maximum atomic E-state index is 11.8. The summed E-state index contributed by atoms with van der Waals surface area (Å²) >= 11 is 5.93. The van der Waals surface area contributed by atoms with Gasteiger partial charge in [-0.3, -0.25) is 0 Å². The fourth-order valence-electron chi connectivity index (χ4n) is 1.36. The van der Waals surface area contributed by atoms with Crippen molar-refractivity contribution in [1.82, 2.24) is 0 Å². The van der Waals surface area contributed by atoms with Crippen molar-refractivity contribution < 1.29 is 9.53 Å². The second kappa shape index (κ2) is 4.89. The van der Waals surface area contributed by atoms with Gasteiger partial charge in [-0.2, -0.15) is 0 Å². The molecule has 3 nitrogen and oxygen atoms in total. The number of halogens is 1. The van der Waals surface area contributed by atoms with Crippen molar-refractivity contribution >= 4 is 23.3 Å². The summed E-state index contributed by atoms with van der Waals surface area (Å²) in [5, 5.41) is 0.216. The molecule has 0 spiro atoms. The van der Waals surface area contributed by atoms with E-state index in [1.807, 2.05) is 6.07 Å². The van der Waals surface area contributed by atoms with E-state index in [2.05, 4.69) is 0 Å². The van der Waals surface area contributed by atoms with Crippen LogP contribution in [-0.4, -0.2) is 5.97 Å². The van der Waals surface area contributed by atoms with Crippen LogP contribution in [0.2, 0.25) is 5.02 Å². The van der Waals surface area contributed by atoms with Crippen molar-refractivity contribution in [3.63, 3.8) is 0 Å². The number of esters is 1. The molecule has 0 saturated heterocycles. The molecule has 0 fully saturated rings. The molecular formula is C13H10ClNO2. The molecule has 4 heteroatoms. The lowest BCUT2D eigenvalue weighted by Gasteiger charge is -2.06. The summed E-state index contributed by atoms with van der Waals surface area (Å²) in [6, 6.07) is 13.6. The smallest absolute Gasteiger partial charge is 0.345 e. The van der Waals surface area contributed by atoms with Crippen molar-refractivity contribution in [3.8, 4) is 5.75 Å². The first-order valence-corrected chi connectivity index (χ1v) is 5.37. The third-order valence-electron chi connectivity index (χ3n) is 2.20. The molecule has 86 valence electrons. The van der Waals surface area contributed by atoms with Gasteiger partial charge in [-0.25, -0.2) is 4.79 Å². The summed E-state index contributed by atoms with van der Waals surface area (Å²) in [4.78, 5) is 11.8. The SMILES string of the molecule is Nc1cccc(C(=O)Oc2ccccc2)c1Cl. The van der Waals surface area contributed by atoms with Crippen molar-refractivity contribution in [3.05, 3.63) is 59.1 Å². The number of para-hydroxylation sites is 1. The Morgan fingerprint density at radius 2 is 1.76 bits per heavy atom. The van der Waals surface area contributed by atoms with Gasteiger partial charge in [0, 0.05) is 0 Å². The summed E-state index contributed by atoms with van der Waals surface area (Å²) in [7, 11) is 0. The third kappa shape index (κ3) is 2.57. The Labute approximate surface area is 104 Å². The number of nitrogens with two attached hydrogens (primary N) is 1. The average molecular weight is 248 g/mol. The minimum absolute atomic E-state index is 0.216. The first kappa shape index (κ1) is 11.5. The molecule has 0 radical (unpaired) electrons. The van der Waals surface area contributed by atoms with E-state index in [1.165, 1.54) is 0 Å². The second-order valence-electron chi connectivity index (χ2n) is 3.41. The van der Waals surface area contributed by atoms with E-state index in [0.29, 0.717) is 11.4 Å². The minimum Gasteiger partial charge on any atom is -0.423 e. The molecule has 0 unspecified atom stereocenters. The molecule has 0 amide bonds. The summed E-state index contributed by atoms with van der Waals surface area (Å²) in [5.74, 6) is -0.0514. The summed E-state index contributed by atoms with van der Waals surface area (Å²) in [5.41, 5.74) is 6.23. The predicted molar refractivity (Wildman–Crippen MR) is 67.3 cm³/mol. The molecule has 0 aromatic heterocycles. The molecular weight excluding hydrogens is 238 g/mol. The van der Waals surface area contributed by atoms with Crippen LogP contribution in [0.5, 0.6) is 5.75 Å². The second-order valence-corrected chi connectivity index (χ2v) is 3.79. The van der Waals surface area contributed by atoms with Crippen LogP contribution in [0.25, 0.3) is 0 Å². The average Bonchev–Trinajstić information content (AvgIpc) is 2.34. The number of anilines is 1. The molecule has 17 heavy (non-hydrogen) atoms. The quantitative estimate of drug-likeness (QED) is 0.504. The number of benzene rings is 2. The molecule has 0 atom stereocenters. The molecule has 0 aliphatic carbocycles. The Morgan fingerprint density at radius 3 is 2.47 bits per heavy atom. The van der Waals surface area contributed by atoms with Crippen LogP contribution < -0.4 is 10.5 Å². The van der Waals surface area contributed by atoms with Crippen LogP contribution in [0, 0.1) is 0 Å². The van der Waals surface area contributed by atoms with E-state index >= 15 is 0 Å². The molecule has 2 N–H and O–H groups in total. The highest BCUT2D eigenvalue weighted by molar-refractivity contribution is 6.36. The van der Waals surface area contributed by atoms with Gasteiger partial charge in [-0.05, 0) is 24.3 Å². The number of carbonyl (C=O) groups is 1.